The van der Waals surface area contributed by atoms with Gasteiger partial charge in [-0.1, -0.05) is 23.2 Å². The average Bonchev–Trinajstić information content (AvgIpc) is 2.73. The fourth-order valence-electron chi connectivity index (χ4n) is 2.10. The first-order chi connectivity index (χ1) is 14.6. The number of benzene rings is 2. The Morgan fingerprint density at radius 2 is 1.52 bits per heavy atom. The molecule has 2 unspecified atom stereocenters. The lowest BCUT2D eigenvalue weighted by Gasteiger charge is -2.12. The zero-order valence-corrected chi connectivity index (χ0v) is 17.8. The van der Waals surface area contributed by atoms with Crippen LogP contribution in [0.15, 0.2) is 30.3 Å². The Morgan fingerprint density at radius 1 is 0.935 bits per heavy atom. The molecular weight excluding hydrogens is 453 g/mol. The normalized spacial score (nSPS) is 12.3. The van der Waals surface area contributed by atoms with Gasteiger partial charge < -0.3 is 42.5 Å². The second-order valence-electron chi connectivity index (χ2n) is 6.32. The Bertz CT molecular complexity index is 874. The fourth-order valence-corrected chi connectivity index (χ4v) is 2.52. The summed E-state index contributed by atoms with van der Waals surface area (Å²) in [4.78, 5) is 10.0. The van der Waals surface area contributed by atoms with Gasteiger partial charge in [-0.2, -0.15) is 0 Å². The molecule has 0 aromatic heterocycles. The molecule has 0 heterocycles. The van der Waals surface area contributed by atoms with E-state index in [0.717, 1.165) is 5.69 Å². The Morgan fingerprint density at radius 3 is 2.03 bits per heavy atom. The topological polar surface area (TPSA) is 200 Å². The molecular formula is C18H25Cl2N5O6. The number of nitrogens with one attached hydrogen (secondary N) is 2. The Kier molecular flexibility index (Phi) is 11.1. The van der Waals surface area contributed by atoms with Crippen LogP contribution in [-0.4, -0.2) is 63.9 Å². The molecule has 0 spiro atoms. The van der Waals surface area contributed by atoms with Crippen molar-refractivity contribution in [1.82, 2.24) is 0 Å². The monoisotopic (exact) mass is 477 g/mol. The van der Waals surface area contributed by atoms with Gasteiger partial charge >= 0.3 is 0 Å². The van der Waals surface area contributed by atoms with E-state index in [1.165, 1.54) is 12.1 Å². The van der Waals surface area contributed by atoms with E-state index in [2.05, 4.69) is 10.6 Å². The maximum Gasteiger partial charge on any atom is 0.294 e. The molecule has 11 nitrogen and oxygen atoms in total. The first-order valence-corrected chi connectivity index (χ1v) is 9.68. The van der Waals surface area contributed by atoms with Crippen molar-refractivity contribution < 1.29 is 25.3 Å². The lowest BCUT2D eigenvalue weighted by molar-refractivity contribution is -0.383. The average molecular weight is 478 g/mol. The summed E-state index contributed by atoms with van der Waals surface area (Å²) in [5.74, 6) is 0. The molecule has 2 aromatic carbocycles. The van der Waals surface area contributed by atoms with Gasteiger partial charge in [0, 0.05) is 24.8 Å². The van der Waals surface area contributed by atoms with Crippen LogP contribution in [0, 0.1) is 10.1 Å². The van der Waals surface area contributed by atoms with Crippen LogP contribution < -0.4 is 22.1 Å². The number of nitro benzene ring substituents is 1. The summed E-state index contributed by atoms with van der Waals surface area (Å²) in [6, 6.07) is 7.54. The van der Waals surface area contributed by atoms with Crippen molar-refractivity contribution in [2.75, 3.05) is 48.4 Å². The molecule has 0 aliphatic heterocycles. The first kappa shape index (κ1) is 26.5. The number of nitro groups is 1. The van der Waals surface area contributed by atoms with E-state index in [9.17, 15) is 10.1 Å². The van der Waals surface area contributed by atoms with Crippen molar-refractivity contribution in [3.8, 4) is 0 Å². The molecule has 0 saturated carbocycles. The summed E-state index contributed by atoms with van der Waals surface area (Å²) in [6.45, 7) is -0.384. The van der Waals surface area contributed by atoms with Gasteiger partial charge in [0.25, 0.3) is 5.69 Å². The van der Waals surface area contributed by atoms with Crippen molar-refractivity contribution in [1.29, 1.82) is 0 Å². The highest BCUT2D eigenvalue weighted by atomic mass is 35.5. The summed E-state index contributed by atoms with van der Waals surface area (Å²) >= 11 is 11.6. The Hall–Kier alpha value is -2.54. The predicted molar refractivity (Wildman–Crippen MR) is 122 cm³/mol. The van der Waals surface area contributed by atoms with E-state index in [1.807, 2.05) is 0 Å². The van der Waals surface area contributed by atoms with Crippen molar-refractivity contribution >= 4 is 51.6 Å². The highest BCUT2D eigenvalue weighted by molar-refractivity contribution is 6.33. The maximum absolute atomic E-state index is 10.6. The van der Waals surface area contributed by atoms with Crippen LogP contribution in [-0.2, 0) is 0 Å². The van der Waals surface area contributed by atoms with E-state index >= 15 is 0 Å². The molecule has 0 aliphatic carbocycles. The molecule has 0 aliphatic rings. The zero-order valence-electron chi connectivity index (χ0n) is 16.3. The minimum absolute atomic E-state index is 0.0251. The number of aliphatic hydroxyl groups is 4. The van der Waals surface area contributed by atoms with Gasteiger partial charge in [-0.15, -0.1) is 0 Å². The van der Waals surface area contributed by atoms with Gasteiger partial charge in [0.05, 0.1) is 51.8 Å². The third-order valence-corrected chi connectivity index (χ3v) is 4.44. The van der Waals surface area contributed by atoms with Crippen LogP contribution in [0.3, 0.4) is 0 Å². The summed E-state index contributed by atoms with van der Waals surface area (Å²) < 4.78 is 0. The third-order valence-electron chi connectivity index (χ3n) is 3.80. The molecule has 2 rings (SSSR count). The lowest BCUT2D eigenvalue weighted by atomic mass is 10.2. The second kappa shape index (κ2) is 13.0. The van der Waals surface area contributed by atoms with E-state index in [0.29, 0.717) is 10.7 Å². The highest BCUT2D eigenvalue weighted by Gasteiger charge is 2.15. The van der Waals surface area contributed by atoms with Crippen LogP contribution in [0.25, 0.3) is 0 Å². The molecule has 0 bridgehead atoms. The summed E-state index contributed by atoms with van der Waals surface area (Å²) in [5.41, 5.74) is 12.2. The van der Waals surface area contributed by atoms with E-state index in [1.54, 1.807) is 18.2 Å². The summed E-state index contributed by atoms with van der Waals surface area (Å²) in [6.07, 6.45) is -1.74. The number of aliphatic hydroxyl groups excluding tert-OH is 4. The molecule has 0 amide bonds. The zero-order chi connectivity index (χ0) is 23.6. The van der Waals surface area contributed by atoms with Gasteiger partial charge in [0.1, 0.15) is 5.69 Å². The quantitative estimate of drug-likeness (QED) is 0.147. The second-order valence-corrected chi connectivity index (χ2v) is 7.13. The van der Waals surface area contributed by atoms with E-state index in [4.69, 9.17) is 55.1 Å². The minimum Gasteiger partial charge on any atom is -0.398 e. The third kappa shape index (κ3) is 9.00. The van der Waals surface area contributed by atoms with Crippen molar-refractivity contribution in [3.05, 3.63) is 50.5 Å². The van der Waals surface area contributed by atoms with Gasteiger partial charge in [-0.05, 0) is 24.3 Å². The lowest BCUT2D eigenvalue weighted by Crippen LogP contribution is -2.23. The van der Waals surface area contributed by atoms with E-state index < -0.39 is 23.7 Å². The van der Waals surface area contributed by atoms with Gasteiger partial charge in [-0.25, -0.2) is 0 Å². The largest absolute Gasteiger partial charge is 0.398 e. The van der Waals surface area contributed by atoms with Gasteiger partial charge in [0.15, 0.2) is 0 Å². The maximum atomic E-state index is 10.6. The molecule has 172 valence electrons. The van der Waals surface area contributed by atoms with Crippen LogP contribution >= 0.6 is 23.2 Å². The van der Waals surface area contributed by atoms with Crippen LogP contribution in [0.1, 0.15) is 0 Å². The number of nitrogen functional groups attached to an aromatic ring is 2. The number of nitrogens with two attached hydrogens (primary N) is 2. The molecule has 2 atom stereocenters. The SMILES string of the molecule is Nc1cc(Cl)c(NCC(O)CO)cc1[N+](=O)[O-].Nc1ccc(NCC(O)CO)cc1Cl. The number of hydrogen-bond donors (Lipinski definition) is 8. The summed E-state index contributed by atoms with van der Waals surface area (Å²) in [5, 5.41) is 52.3. The number of hydrogen-bond acceptors (Lipinski definition) is 10. The van der Waals surface area contributed by atoms with Gasteiger partial charge in [0.2, 0.25) is 0 Å². The molecule has 0 radical (unpaired) electrons. The first-order valence-electron chi connectivity index (χ1n) is 8.93. The number of rotatable bonds is 9. The van der Waals surface area contributed by atoms with Crippen LogP contribution in [0.5, 0.6) is 0 Å². The summed E-state index contributed by atoms with van der Waals surface area (Å²) in [7, 11) is 0. The standard InChI is InChI=1S/C9H12ClN3O4.C9H13ClN2O2/c10-6-1-7(11)9(13(16)17)2-8(6)12-3-5(15)4-14;10-8-3-6(1-2-9(8)11)12-4-7(14)5-13/h1-2,5,12,14-15H,3-4,11H2;1-3,7,12-14H,4-5,11H2. The molecule has 0 saturated heterocycles. The number of halogens is 2. The number of anilines is 4. The molecule has 10 N–H and O–H groups in total. The smallest absolute Gasteiger partial charge is 0.294 e. The Labute approximate surface area is 188 Å². The van der Waals surface area contributed by atoms with Crippen LogP contribution in [0.4, 0.5) is 28.4 Å². The Balaban J connectivity index is 0.000000316. The number of nitrogens with zero attached hydrogens (tertiary/aromatic N) is 1. The van der Waals surface area contributed by atoms with E-state index in [-0.39, 0.29) is 41.8 Å². The highest BCUT2D eigenvalue weighted by Crippen LogP contribution is 2.32. The van der Waals surface area contributed by atoms with Gasteiger partial charge in [-0.3, -0.25) is 10.1 Å². The molecule has 31 heavy (non-hydrogen) atoms. The molecule has 0 fully saturated rings. The molecule has 13 heteroatoms. The minimum atomic E-state index is -0.970. The van der Waals surface area contributed by atoms with Crippen molar-refractivity contribution in [3.63, 3.8) is 0 Å². The van der Waals surface area contributed by atoms with Crippen molar-refractivity contribution in [2.24, 2.45) is 0 Å². The molecule has 2 aromatic rings. The van der Waals surface area contributed by atoms with Crippen molar-refractivity contribution in [2.45, 2.75) is 12.2 Å². The van der Waals surface area contributed by atoms with Crippen LogP contribution in [0.2, 0.25) is 10.0 Å². The fraction of sp³-hybridized carbons (Fsp3) is 0.333. The predicted octanol–water partition coefficient (Wildman–Crippen LogP) is 1.28.